The smallest absolute Gasteiger partial charge is 0.287 e. The lowest BCUT2D eigenvalue weighted by atomic mass is 10.3. The van der Waals surface area contributed by atoms with Crippen molar-refractivity contribution in [1.29, 1.82) is 0 Å². The second kappa shape index (κ2) is 6.57. The summed E-state index contributed by atoms with van der Waals surface area (Å²) >= 11 is 3.33. The number of aromatic nitrogens is 3. The number of nitrogens with one attached hydrogen (secondary N) is 1. The summed E-state index contributed by atoms with van der Waals surface area (Å²) in [5, 5.41) is 6.94. The highest BCUT2D eigenvalue weighted by atomic mass is 79.9. The van der Waals surface area contributed by atoms with Crippen molar-refractivity contribution in [2.75, 3.05) is 0 Å². The molecule has 0 saturated carbocycles. The number of halogens is 1. The minimum atomic E-state index is -0.253. The first-order valence-corrected chi connectivity index (χ1v) is 7.44. The van der Waals surface area contributed by atoms with Crippen molar-refractivity contribution < 1.29 is 9.21 Å². The molecule has 3 aromatic heterocycles. The van der Waals surface area contributed by atoms with Crippen molar-refractivity contribution in [2.24, 2.45) is 0 Å². The van der Waals surface area contributed by atoms with Gasteiger partial charge in [-0.05, 0) is 39.7 Å². The van der Waals surface area contributed by atoms with Gasteiger partial charge < -0.3 is 9.73 Å². The van der Waals surface area contributed by atoms with E-state index in [9.17, 15) is 4.79 Å². The highest BCUT2D eigenvalue weighted by Crippen LogP contribution is 2.12. The van der Waals surface area contributed by atoms with Crippen molar-refractivity contribution in [3.05, 3.63) is 70.6 Å². The molecule has 22 heavy (non-hydrogen) atoms. The molecule has 0 atom stereocenters. The first-order valence-electron chi connectivity index (χ1n) is 6.64. The van der Waals surface area contributed by atoms with Gasteiger partial charge in [0.25, 0.3) is 5.91 Å². The number of nitrogens with zero attached hydrogens (tertiary/aromatic N) is 3. The van der Waals surface area contributed by atoms with Crippen LogP contribution in [0, 0.1) is 0 Å². The van der Waals surface area contributed by atoms with E-state index >= 15 is 0 Å². The summed E-state index contributed by atoms with van der Waals surface area (Å²) in [5.74, 6) is 0.698. The Hall–Kier alpha value is -2.41. The number of carbonyl (C=O) groups is 1. The molecule has 7 heteroatoms. The Balaban J connectivity index is 1.59. The lowest BCUT2D eigenvalue weighted by molar-refractivity contribution is 0.0921. The van der Waals surface area contributed by atoms with Gasteiger partial charge in [0.15, 0.2) is 5.76 Å². The predicted molar refractivity (Wildman–Crippen MR) is 83.1 cm³/mol. The van der Waals surface area contributed by atoms with E-state index in [1.54, 1.807) is 35.4 Å². The molecule has 6 nitrogen and oxygen atoms in total. The summed E-state index contributed by atoms with van der Waals surface area (Å²) in [6, 6.07) is 7.16. The number of hydrogen-bond acceptors (Lipinski definition) is 4. The fraction of sp³-hybridized carbons (Fsp3) is 0.133. The summed E-state index contributed by atoms with van der Waals surface area (Å²) in [7, 11) is 0. The largest absolute Gasteiger partial charge is 0.454 e. The van der Waals surface area contributed by atoms with Crippen LogP contribution in [0.3, 0.4) is 0 Å². The highest BCUT2D eigenvalue weighted by Gasteiger charge is 2.11. The first kappa shape index (κ1) is 14.5. The third-order valence-electron chi connectivity index (χ3n) is 2.98. The van der Waals surface area contributed by atoms with E-state index in [0.29, 0.717) is 18.8 Å². The average Bonchev–Trinajstić information content (AvgIpc) is 3.16. The van der Waals surface area contributed by atoms with Gasteiger partial charge in [-0.25, -0.2) is 0 Å². The summed E-state index contributed by atoms with van der Waals surface area (Å²) in [6.45, 7) is 0.885. The third-order valence-corrected chi connectivity index (χ3v) is 3.39. The number of furan rings is 1. The molecule has 0 aromatic carbocycles. The van der Waals surface area contributed by atoms with Gasteiger partial charge in [-0.2, -0.15) is 5.10 Å². The maximum atomic E-state index is 12.0. The van der Waals surface area contributed by atoms with E-state index in [4.69, 9.17) is 4.42 Å². The molecule has 112 valence electrons. The Labute approximate surface area is 135 Å². The van der Waals surface area contributed by atoms with Crippen LogP contribution in [0.4, 0.5) is 0 Å². The minimum Gasteiger partial charge on any atom is -0.454 e. The van der Waals surface area contributed by atoms with Crippen LogP contribution in [0.15, 0.2) is 57.9 Å². The Morgan fingerprint density at radius 3 is 2.95 bits per heavy atom. The van der Waals surface area contributed by atoms with Crippen LogP contribution in [-0.2, 0) is 13.1 Å². The summed E-state index contributed by atoms with van der Waals surface area (Å²) in [5.41, 5.74) is 0.934. The SMILES string of the molecule is O=C(NCc1cccnc1)c1ccc(Cn2cc(Br)cn2)o1. The lowest BCUT2D eigenvalue weighted by Crippen LogP contribution is -2.22. The zero-order valence-electron chi connectivity index (χ0n) is 11.6. The molecular weight excluding hydrogens is 348 g/mol. The van der Waals surface area contributed by atoms with Crippen LogP contribution in [-0.4, -0.2) is 20.7 Å². The Kier molecular flexibility index (Phi) is 4.34. The Morgan fingerprint density at radius 1 is 1.32 bits per heavy atom. The second-order valence-corrected chi connectivity index (χ2v) is 5.58. The molecule has 0 bridgehead atoms. The topological polar surface area (TPSA) is 73.0 Å². The maximum Gasteiger partial charge on any atom is 0.287 e. The maximum absolute atomic E-state index is 12.0. The zero-order valence-corrected chi connectivity index (χ0v) is 13.2. The van der Waals surface area contributed by atoms with Gasteiger partial charge in [-0.1, -0.05) is 6.07 Å². The quantitative estimate of drug-likeness (QED) is 0.758. The molecule has 1 N–H and O–H groups in total. The standard InChI is InChI=1S/C15H13BrN4O2/c16-12-8-19-20(9-12)10-13-3-4-14(22-13)15(21)18-7-11-2-1-5-17-6-11/h1-6,8-9H,7,10H2,(H,18,21). The van der Waals surface area contributed by atoms with E-state index < -0.39 is 0 Å². The van der Waals surface area contributed by atoms with Crippen LogP contribution >= 0.6 is 15.9 Å². The van der Waals surface area contributed by atoms with Gasteiger partial charge >= 0.3 is 0 Å². The van der Waals surface area contributed by atoms with Gasteiger partial charge in [0, 0.05) is 25.1 Å². The van der Waals surface area contributed by atoms with Crippen molar-refractivity contribution in [2.45, 2.75) is 13.1 Å². The van der Waals surface area contributed by atoms with Gasteiger partial charge in [-0.15, -0.1) is 0 Å². The molecule has 0 aliphatic carbocycles. The molecule has 0 spiro atoms. The molecule has 0 radical (unpaired) electrons. The van der Waals surface area contributed by atoms with E-state index in [1.807, 2.05) is 18.3 Å². The predicted octanol–water partition coefficient (Wildman–Crippen LogP) is 2.61. The number of amides is 1. The molecule has 0 saturated heterocycles. The minimum absolute atomic E-state index is 0.253. The average molecular weight is 361 g/mol. The summed E-state index contributed by atoms with van der Waals surface area (Å²) in [4.78, 5) is 16.0. The van der Waals surface area contributed by atoms with Crippen LogP contribution in [0.25, 0.3) is 0 Å². The van der Waals surface area contributed by atoms with E-state index in [2.05, 4.69) is 31.3 Å². The van der Waals surface area contributed by atoms with Crippen LogP contribution in [0.1, 0.15) is 21.9 Å². The third kappa shape index (κ3) is 3.62. The number of hydrogen-bond donors (Lipinski definition) is 1. The van der Waals surface area contributed by atoms with Gasteiger partial charge in [-0.3, -0.25) is 14.5 Å². The molecule has 3 heterocycles. The molecule has 3 aromatic rings. The van der Waals surface area contributed by atoms with Crippen molar-refractivity contribution >= 4 is 21.8 Å². The second-order valence-electron chi connectivity index (χ2n) is 4.67. The Bertz CT molecular complexity index is 767. The monoisotopic (exact) mass is 360 g/mol. The first-order chi connectivity index (χ1) is 10.7. The van der Waals surface area contributed by atoms with E-state index in [0.717, 1.165) is 10.0 Å². The van der Waals surface area contributed by atoms with E-state index in [1.165, 1.54) is 0 Å². The fourth-order valence-electron chi connectivity index (χ4n) is 1.94. The number of pyridine rings is 1. The van der Waals surface area contributed by atoms with Crippen molar-refractivity contribution in [1.82, 2.24) is 20.1 Å². The molecule has 0 aliphatic heterocycles. The van der Waals surface area contributed by atoms with Crippen LogP contribution in [0.2, 0.25) is 0 Å². The molecule has 3 rings (SSSR count). The van der Waals surface area contributed by atoms with Gasteiger partial charge in [0.2, 0.25) is 0 Å². The lowest BCUT2D eigenvalue weighted by Gasteiger charge is -2.02. The van der Waals surface area contributed by atoms with Crippen molar-refractivity contribution in [3.63, 3.8) is 0 Å². The van der Waals surface area contributed by atoms with Crippen LogP contribution < -0.4 is 5.32 Å². The normalized spacial score (nSPS) is 10.6. The molecule has 0 aliphatic rings. The van der Waals surface area contributed by atoms with E-state index in [-0.39, 0.29) is 11.7 Å². The number of carbonyl (C=O) groups excluding carboxylic acids is 1. The molecule has 0 fully saturated rings. The van der Waals surface area contributed by atoms with Gasteiger partial charge in [0.1, 0.15) is 5.76 Å². The molecular formula is C15H13BrN4O2. The molecule has 0 unspecified atom stereocenters. The van der Waals surface area contributed by atoms with Crippen LogP contribution in [0.5, 0.6) is 0 Å². The van der Waals surface area contributed by atoms with Gasteiger partial charge in [0.05, 0.1) is 17.2 Å². The summed E-state index contributed by atoms with van der Waals surface area (Å²) in [6.07, 6.45) is 6.94. The zero-order chi connectivity index (χ0) is 15.4. The summed E-state index contributed by atoms with van der Waals surface area (Å²) < 4.78 is 8.16. The Morgan fingerprint density at radius 2 is 2.23 bits per heavy atom. The highest BCUT2D eigenvalue weighted by molar-refractivity contribution is 9.10. The number of rotatable bonds is 5. The van der Waals surface area contributed by atoms with Crippen molar-refractivity contribution in [3.8, 4) is 0 Å². The molecule has 1 amide bonds. The fourth-order valence-corrected chi connectivity index (χ4v) is 2.27.